The Balaban J connectivity index is 4.34. The van der Waals surface area contributed by atoms with Crippen molar-refractivity contribution in [1.29, 1.82) is 0 Å². The molecule has 2 atom stereocenters. The molecule has 0 saturated heterocycles. The first kappa shape index (κ1) is 22.2. The van der Waals surface area contributed by atoms with Gasteiger partial charge in [-0.25, -0.2) is 4.72 Å². The molecular weight excluding hydrogens is 340 g/mol. The molecule has 5 N–H and O–H groups in total. The second-order valence-electron chi connectivity index (χ2n) is 4.92. The molecule has 0 fully saturated rings. The summed E-state index contributed by atoms with van der Waals surface area (Å²) in [4.78, 5) is 34.4. The number of carbonyl (C=O) groups excluding carboxylic acids is 2. The van der Waals surface area contributed by atoms with Crippen LogP contribution < -0.4 is 20.1 Å². The molecule has 1 amide bonds. The summed E-state index contributed by atoms with van der Waals surface area (Å²) in [6, 6.07) is -1.17. The molecule has 10 heteroatoms. The maximum atomic E-state index is 12.1. The topological polar surface area (TPSA) is 120 Å². The van der Waals surface area contributed by atoms with E-state index in [1.165, 1.54) is 7.05 Å². The first-order chi connectivity index (χ1) is 11.0. The minimum atomic E-state index is -0.989. The van der Waals surface area contributed by atoms with Crippen LogP contribution in [0.2, 0.25) is 0 Å². The van der Waals surface area contributed by atoms with Gasteiger partial charge in [-0.05, 0) is 44.8 Å². The van der Waals surface area contributed by atoms with Gasteiger partial charge < -0.3 is 15.7 Å². The number of carbonyl (C=O) groups is 3. The summed E-state index contributed by atoms with van der Waals surface area (Å²) in [5, 5.41) is 14.0. The number of nitrogens with one attached hydrogen (secondary N) is 4. The average Bonchev–Trinajstić information content (AvgIpc) is 2.53. The third kappa shape index (κ3) is 10.6. The standard InChI is InChI=1S/C13H26N4O4S2/c1-14-8-4-3-5-10(16-22)13(21)23-17-9(12(20)15-2)6-7-11(18)19/h9-10,14,16-17,22H,3-8H2,1-2H3,(H,15,20)(H,18,19). The number of amides is 1. The predicted molar refractivity (Wildman–Crippen MR) is 94.1 cm³/mol. The van der Waals surface area contributed by atoms with Gasteiger partial charge in [-0.3, -0.25) is 19.1 Å². The number of likely N-dealkylation sites (N-methyl/N-ethyl adjacent to an activating group) is 1. The molecule has 0 spiro atoms. The SMILES string of the molecule is CNCCCCC(NS)C(=O)SNC(CCC(=O)O)C(=O)NC. The first-order valence-electron chi connectivity index (χ1n) is 7.40. The Morgan fingerprint density at radius 3 is 2.35 bits per heavy atom. The van der Waals surface area contributed by atoms with Crippen LogP contribution in [0.5, 0.6) is 0 Å². The Hall–Kier alpha value is -0.810. The molecule has 0 aliphatic rings. The molecule has 134 valence electrons. The van der Waals surface area contributed by atoms with Crippen molar-refractivity contribution in [1.82, 2.24) is 20.1 Å². The van der Waals surface area contributed by atoms with E-state index in [2.05, 4.69) is 32.9 Å². The molecule has 0 saturated carbocycles. The maximum Gasteiger partial charge on any atom is 0.303 e. The molecule has 2 unspecified atom stereocenters. The summed E-state index contributed by atoms with van der Waals surface area (Å²) in [6.07, 6.45) is 2.41. The van der Waals surface area contributed by atoms with Crippen molar-refractivity contribution in [3.8, 4) is 0 Å². The average molecular weight is 367 g/mol. The van der Waals surface area contributed by atoms with Crippen LogP contribution in [0.25, 0.3) is 0 Å². The maximum absolute atomic E-state index is 12.1. The summed E-state index contributed by atoms with van der Waals surface area (Å²) < 4.78 is 5.41. The Morgan fingerprint density at radius 1 is 1.13 bits per heavy atom. The second-order valence-corrected chi connectivity index (χ2v) is 6.02. The monoisotopic (exact) mass is 366 g/mol. The lowest BCUT2D eigenvalue weighted by Crippen LogP contribution is -2.42. The van der Waals surface area contributed by atoms with Crippen molar-refractivity contribution in [3.05, 3.63) is 0 Å². The van der Waals surface area contributed by atoms with Crippen LogP contribution in [-0.2, 0) is 14.4 Å². The first-order valence-corrected chi connectivity index (χ1v) is 8.66. The highest BCUT2D eigenvalue weighted by molar-refractivity contribution is 8.12. The van der Waals surface area contributed by atoms with Crippen molar-refractivity contribution in [3.63, 3.8) is 0 Å². The number of carboxylic acid groups (broad SMARTS) is 1. The number of rotatable bonds is 13. The summed E-state index contributed by atoms with van der Waals surface area (Å²) in [5.74, 6) is -1.34. The van der Waals surface area contributed by atoms with Crippen LogP contribution in [0, 0.1) is 0 Å². The molecule has 0 aliphatic carbocycles. The molecule has 0 aromatic carbocycles. The van der Waals surface area contributed by atoms with E-state index in [-0.39, 0.29) is 23.9 Å². The minimum Gasteiger partial charge on any atom is -0.481 e. The van der Waals surface area contributed by atoms with Gasteiger partial charge in [0, 0.05) is 13.5 Å². The van der Waals surface area contributed by atoms with E-state index in [0.717, 1.165) is 31.3 Å². The molecule has 0 heterocycles. The van der Waals surface area contributed by atoms with Crippen LogP contribution in [-0.4, -0.2) is 54.8 Å². The van der Waals surface area contributed by atoms with Gasteiger partial charge in [0.05, 0.1) is 12.1 Å². The Labute approximate surface area is 146 Å². The molecule has 0 rings (SSSR count). The summed E-state index contributed by atoms with van der Waals surface area (Å²) in [5.41, 5.74) is 0. The summed E-state index contributed by atoms with van der Waals surface area (Å²) >= 11 is 4.77. The molecule has 0 aromatic rings. The lowest BCUT2D eigenvalue weighted by molar-refractivity contribution is -0.137. The van der Waals surface area contributed by atoms with Crippen molar-refractivity contribution in [2.45, 2.75) is 44.2 Å². The van der Waals surface area contributed by atoms with E-state index in [1.54, 1.807) is 0 Å². The van der Waals surface area contributed by atoms with E-state index >= 15 is 0 Å². The molecule has 23 heavy (non-hydrogen) atoms. The Morgan fingerprint density at radius 2 is 1.83 bits per heavy atom. The number of unbranched alkanes of at least 4 members (excludes halogenated alkanes) is 1. The number of hydrogen-bond donors (Lipinski definition) is 6. The third-order valence-corrected chi connectivity index (χ3v) is 4.32. The lowest BCUT2D eigenvalue weighted by Gasteiger charge is -2.18. The zero-order valence-corrected chi connectivity index (χ0v) is 15.1. The summed E-state index contributed by atoms with van der Waals surface area (Å²) in [7, 11) is 3.33. The van der Waals surface area contributed by atoms with Gasteiger partial charge in [0.2, 0.25) is 11.0 Å². The van der Waals surface area contributed by atoms with Gasteiger partial charge in [0.15, 0.2) is 0 Å². The van der Waals surface area contributed by atoms with Gasteiger partial charge in [-0.15, -0.1) is 0 Å². The van der Waals surface area contributed by atoms with Gasteiger partial charge >= 0.3 is 5.97 Å². The molecule has 0 radical (unpaired) electrons. The molecule has 0 aliphatic heterocycles. The van der Waals surface area contributed by atoms with Gasteiger partial charge in [-0.2, -0.15) is 0 Å². The quantitative estimate of drug-likeness (QED) is 0.152. The van der Waals surface area contributed by atoms with Gasteiger partial charge in [0.25, 0.3) is 0 Å². The number of hydrogen-bond acceptors (Lipinski definition) is 8. The van der Waals surface area contributed by atoms with Crippen molar-refractivity contribution in [2.24, 2.45) is 0 Å². The van der Waals surface area contributed by atoms with Gasteiger partial charge in [-0.1, -0.05) is 19.2 Å². The number of aliphatic carboxylic acids is 1. The van der Waals surface area contributed by atoms with Crippen LogP contribution in [0.15, 0.2) is 0 Å². The molecule has 0 aromatic heterocycles. The lowest BCUT2D eigenvalue weighted by atomic mass is 10.1. The van der Waals surface area contributed by atoms with E-state index in [0.29, 0.717) is 6.42 Å². The van der Waals surface area contributed by atoms with Crippen molar-refractivity contribution >= 4 is 41.8 Å². The fraction of sp³-hybridized carbons (Fsp3) is 0.769. The molecule has 8 nitrogen and oxygen atoms in total. The van der Waals surface area contributed by atoms with Crippen molar-refractivity contribution < 1.29 is 19.5 Å². The zero-order valence-electron chi connectivity index (χ0n) is 13.4. The van der Waals surface area contributed by atoms with E-state index in [9.17, 15) is 14.4 Å². The van der Waals surface area contributed by atoms with E-state index in [4.69, 9.17) is 5.11 Å². The largest absolute Gasteiger partial charge is 0.481 e. The smallest absolute Gasteiger partial charge is 0.303 e. The Bertz CT molecular complexity index is 385. The fourth-order valence-electron chi connectivity index (χ4n) is 1.77. The van der Waals surface area contributed by atoms with Crippen LogP contribution in [0.3, 0.4) is 0 Å². The second kappa shape index (κ2) is 13.6. The Kier molecular flexibility index (Phi) is 13.1. The highest BCUT2D eigenvalue weighted by atomic mass is 32.2. The third-order valence-electron chi connectivity index (χ3n) is 3.12. The highest BCUT2D eigenvalue weighted by Crippen LogP contribution is 2.12. The number of carboxylic acids is 1. The van der Waals surface area contributed by atoms with Crippen LogP contribution >= 0.6 is 24.8 Å². The highest BCUT2D eigenvalue weighted by Gasteiger charge is 2.22. The minimum absolute atomic E-state index is 0.108. The molecular formula is C13H26N4O4S2. The van der Waals surface area contributed by atoms with Crippen LogP contribution in [0.1, 0.15) is 32.1 Å². The predicted octanol–water partition coefficient (Wildman–Crippen LogP) is -0.0771. The van der Waals surface area contributed by atoms with Crippen LogP contribution in [0.4, 0.5) is 0 Å². The summed E-state index contributed by atoms with van der Waals surface area (Å²) in [6.45, 7) is 0.882. The van der Waals surface area contributed by atoms with E-state index < -0.39 is 18.1 Å². The fourth-order valence-corrected chi connectivity index (χ4v) is 2.91. The van der Waals surface area contributed by atoms with Gasteiger partial charge in [0.1, 0.15) is 0 Å². The zero-order chi connectivity index (χ0) is 17.7. The normalized spacial score (nSPS) is 13.3. The molecule has 0 bridgehead atoms. The number of thiol groups is 1. The van der Waals surface area contributed by atoms with E-state index in [1.807, 2.05) is 7.05 Å². The van der Waals surface area contributed by atoms with Crippen molar-refractivity contribution in [2.75, 3.05) is 20.6 Å².